The van der Waals surface area contributed by atoms with Crippen LogP contribution in [-0.4, -0.2) is 20.4 Å². The lowest BCUT2D eigenvalue weighted by Crippen LogP contribution is -2.32. The molecule has 0 fully saturated rings. The van der Waals surface area contributed by atoms with Crippen LogP contribution in [0.5, 0.6) is 0 Å². The molecule has 2 rings (SSSR count). The molecule has 2 atom stereocenters. The van der Waals surface area contributed by atoms with Gasteiger partial charge >= 0.3 is 0 Å². The van der Waals surface area contributed by atoms with Crippen molar-refractivity contribution in [2.45, 2.75) is 44.2 Å². The molecule has 2 unspecified atom stereocenters. The summed E-state index contributed by atoms with van der Waals surface area (Å²) >= 11 is 3.47. The minimum atomic E-state index is -3.57. The molecule has 0 aliphatic heterocycles. The van der Waals surface area contributed by atoms with Crippen molar-refractivity contribution in [2.75, 3.05) is 0 Å². The third-order valence-corrected chi connectivity index (χ3v) is 6.44. The zero-order valence-corrected chi connectivity index (χ0v) is 17.4. The first-order valence-corrected chi connectivity index (χ1v) is 10.7. The Morgan fingerprint density at radius 3 is 2.27 bits per heavy atom. The first-order chi connectivity index (χ1) is 12.2. The molecule has 0 heterocycles. The normalized spacial score (nSPS) is 13.8. The van der Waals surface area contributed by atoms with E-state index in [2.05, 4.69) is 26.0 Å². The predicted octanol–water partition coefficient (Wildman–Crippen LogP) is 4.02. The molecule has 0 saturated heterocycles. The molecule has 2 aromatic rings. The highest BCUT2D eigenvalue weighted by Gasteiger charge is 2.18. The third-order valence-electron chi connectivity index (χ3n) is 4.11. The van der Waals surface area contributed by atoms with Crippen LogP contribution in [0.15, 0.2) is 57.9 Å². The average Bonchev–Trinajstić information content (AvgIpc) is 2.61. The van der Waals surface area contributed by atoms with E-state index in [0.29, 0.717) is 12.0 Å². The van der Waals surface area contributed by atoms with Gasteiger partial charge in [-0.15, -0.1) is 0 Å². The Morgan fingerprint density at radius 1 is 1.08 bits per heavy atom. The average molecular weight is 439 g/mol. The zero-order chi connectivity index (χ0) is 19.3. The molecule has 0 aliphatic rings. The Hall–Kier alpha value is -1.70. The van der Waals surface area contributed by atoms with E-state index < -0.39 is 10.0 Å². The standard InChI is InChI=1S/C19H23BrN2O3S/c1-4-13(2)22-26(24,25)16-11-9-15(10-12-16)19(23)21-14(3)17-7-5-6-8-18(17)20/h5-14,22H,4H2,1-3H3,(H,21,23). The van der Waals surface area contributed by atoms with Gasteiger partial charge < -0.3 is 5.32 Å². The third kappa shape index (κ3) is 5.16. The van der Waals surface area contributed by atoms with Gasteiger partial charge in [-0.05, 0) is 56.2 Å². The minimum Gasteiger partial charge on any atom is -0.345 e. The van der Waals surface area contributed by atoms with Crippen molar-refractivity contribution in [1.29, 1.82) is 0 Å². The lowest BCUT2D eigenvalue weighted by molar-refractivity contribution is 0.0939. The molecule has 0 saturated carbocycles. The van der Waals surface area contributed by atoms with Crippen molar-refractivity contribution < 1.29 is 13.2 Å². The van der Waals surface area contributed by atoms with E-state index in [4.69, 9.17) is 0 Å². The van der Waals surface area contributed by atoms with Crippen LogP contribution in [0.25, 0.3) is 0 Å². The van der Waals surface area contributed by atoms with Gasteiger partial charge in [-0.3, -0.25) is 4.79 Å². The summed E-state index contributed by atoms with van der Waals surface area (Å²) in [6.45, 7) is 5.61. The van der Waals surface area contributed by atoms with E-state index in [1.165, 1.54) is 24.3 Å². The maximum Gasteiger partial charge on any atom is 0.251 e. The molecule has 5 nitrogen and oxygen atoms in total. The van der Waals surface area contributed by atoms with Crippen LogP contribution >= 0.6 is 15.9 Å². The maximum absolute atomic E-state index is 12.4. The monoisotopic (exact) mass is 438 g/mol. The molecule has 2 N–H and O–H groups in total. The van der Waals surface area contributed by atoms with Crippen LogP contribution in [0.1, 0.15) is 49.2 Å². The number of benzene rings is 2. The Labute approximate surface area is 163 Å². The van der Waals surface area contributed by atoms with Crippen molar-refractivity contribution >= 4 is 31.9 Å². The van der Waals surface area contributed by atoms with Gasteiger partial charge in [-0.25, -0.2) is 13.1 Å². The number of carbonyl (C=O) groups excluding carboxylic acids is 1. The second-order valence-electron chi connectivity index (χ2n) is 6.17. The number of halogens is 1. The first-order valence-electron chi connectivity index (χ1n) is 8.42. The van der Waals surface area contributed by atoms with Crippen molar-refractivity contribution in [3.63, 3.8) is 0 Å². The Morgan fingerprint density at radius 2 is 1.69 bits per heavy atom. The predicted molar refractivity (Wildman–Crippen MR) is 107 cm³/mol. The molecule has 7 heteroatoms. The highest BCUT2D eigenvalue weighted by molar-refractivity contribution is 9.10. The van der Waals surface area contributed by atoms with Gasteiger partial charge in [0.25, 0.3) is 5.91 Å². The van der Waals surface area contributed by atoms with Crippen molar-refractivity contribution in [3.8, 4) is 0 Å². The second kappa shape index (κ2) is 8.79. The SMILES string of the molecule is CCC(C)NS(=O)(=O)c1ccc(C(=O)NC(C)c2ccccc2Br)cc1. The van der Waals surface area contributed by atoms with Gasteiger partial charge in [-0.1, -0.05) is 41.1 Å². The largest absolute Gasteiger partial charge is 0.345 e. The summed E-state index contributed by atoms with van der Waals surface area (Å²) in [5, 5.41) is 2.92. The van der Waals surface area contributed by atoms with Crippen LogP contribution in [0, 0.1) is 0 Å². The van der Waals surface area contributed by atoms with Gasteiger partial charge in [0, 0.05) is 16.1 Å². The molecular formula is C19H23BrN2O3S. The number of amides is 1. The Bertz CT molecular complexity index is 867. The zero-order valence-electron chi connectivity index (χ0n) is 15.0. The first kappa shape index (κ1) is 20.6. The van der Waals surface area contributed by atoms with E-state index >= 15 is 0 Å². The van der Waals surface area contributed by atoms with Crippen LogP contribution in [0.2, 0.25) is 0 Å². The molecule has 26 heavy (non-hydrogen) atoms. The highest BCUT2D eigenvalue weighted by Crippen LogP contribution is 2.23. The van der Waals surface area contributed by atoms with Gasteiger partial charge in [0.2, 0.25) is 10.0 Å². The molecule has 0 aliphatic carbocycles. The van der Waals surface area contributed by atoms with E-state index in [-0.39, 0.29) is 22.9 Å². The lowest BCUT2D eigenvalue weighted by Gasteiger charge is -2.16. The molecule has 2 aromatic carbocycles. The summed E-state index contributed by atoms with van der Waals surface area (Å²) in [5.74, 6) is -0.257. The maximum atomic E-state index is 12.4. The molecular weight excluding hydrogens is 416 g/mol. The highest BCUT2D eigenvalue weighted by atomic mass is 79.9. The van der Waals surface area contributed by atoms with Crippen LogP contribution < -0.4 is 10.0 Å². The van der Waals surface area contributed by atoms with Gasteiger partial charge in [0.05, 0.1) is 10.9 Å². The number of hydrogen-bond donors (Lipinski definition) is 2. The lowest BCUT2D eigenvalue weighted by atomic mass is 10.1. The van der Waals surface area contributed by atoms with E-state index in [0.717, 1.165) is 10.0 Å². The smallest absolute Gasteiger partial charge is 0.251 e. The second-order valence-corrected chi connectivity index (χ2v) is 8.74. The number of hydrogen-bond acceptors (Lipinski definition) is 3. The van der Waals surface area contributed by atoms with Gasteiger partial charge in [0.15, 0.2) is 0 Å². The van der Waals surface area contributed by atoms with Crippen LogP contribution in [-0.2, 0) is 10.0 Å². The molecule has 140 valence electrons. The Kier molecular flexibility index (Phi) is 6.97. The summed E-state index contributed by atoms with van der Waals surface area (Å²) in [6.07, 6.45) is 0.701. The molecule has 0 spiro atoms. The van der Waals surface area contributed by atoms with Gasteiger partial charge in [-0.2, -0.15) is 0 Å². The quantitative estimate of drug-likeness (QED) is 0.685. The van der Waals surface area contributed by atoms with E-state index in [1.807, 2.05) is 45.0 Å². The summed E-state index contributed by atoms with van der Waals surface area (Å²) in [6, 6.07) is 13.3. The fourth-order valence-electron chi connectivity index (χ4n) is 2.39. The van der Waals surface area contributed by atoms with E-state index in [9.17, 15) is 13.2 Å². The topological polar surface area (TPSA) is 75.3 Å². The van der Waals surface area contributed by atoms with Crippen molar-refractivity contribution in [1.82, 2.24) is 10.0 Å². The fourth-order valence-corrected chi connectivity index (χ4v) is 4.34. The number of carbonyl (C=O) groups is 1. The molecule has 0 radical (unpaired) electrons. The summed E-state index contributed by atoms with van der Waals surface area (Å²) in [7, 11) is -3.57. The Balaban J connectivity index is 2.10. The molecule has 0 bridgehead atoms. The van der Waals surface area contributed by atoms with Crippen molar-refractivity contribution in [2.24, 2.45) is 0 Å². The summed E-state index contributed by atoms with van der Waals surface area (Å²) in [4.78, 5) is 12.6. The van der Waals surface area contributed by atoms with Crippen LogP contribution in [0.4, 0.5) is 0 Å². The number of rotatable bonds is 7. The fraction of sp³-hybridized carbons (Fsp3) is 0.316. The van der Waals surface area contributed by atoms with E-state index in [1.54, 1.807) is 0 Å². The summed E-state index contributed by atoms with van der Waals surface area (Å²) in [5.41, 5.74) is 1.38. The minimum absolute atomic E-state index is 0.145. The van der Waals surface area contributed by atoms with Crippen LogP contribution in [0.3, 0.4) is 0 Å². The molecule has 1 amide bonds. The summed E-state index contributed by atoms with van der Waals surface area (Å²) < 4.78 is 28.1. The number of sulfonamides is 1. The molecule has 0 aromatic heterocycles. The van der Waals surface area contributed by atoms with Crippen molar-refractivity contribution in [3.05, 3.63) is 64.1 Å². The number of nitrogens with one attached hydrogen (secondary N) is 2. The van der Waals surface area contributed by atoms with Gasteiger partial charge in [0.1, 0.15) is 0 Å².